The summed E-state index contributed by atoms with van der Waals surface area (Å²) in [6.45, 7) is 6.96. The molecule has 0 atom stereocenters. The molecule has 8 aromatic rings. The fourth-order valence-corrected chi connectivity index (χ4v) is 11.1. The van der Waals surface area contributed by atoms with E-state index in [0.29, 0.717) is 5.92 Å². The van der Waals surface area contributed by atoms with Crippen molar-refractivity contribution < 1.29 is 0 Å². The van der Waals surface area contributed by atoms with Gasteiger partial charge in [0.25, 0.3) is 0 Å². The SMILES string of the molecule is Cc1sc2ccccc2c1-c1sc(-c2ccccc2)cc1-c1c(-c2cc(-c3ccccc3)sc2C(C)C)sc2ccccc12. The Morgan fingerprint density at radius 3 is 1.64 bits per heavy atom. The van der Waals surface area contributed by atoms with Crippen LogP contribution in [0.4, 0.5) is 0 Å². The van der Waals surface area contributed by atoms with Gasteiger partial charge in [0.1, 0.15) is 0 Å². The summed E-state index contributed by atoms with van der Waals surface area (Å²) in [6.07, 6.45) is 0. The van der Waals surface area contributed by atoms with Gasteiger partial charge in [0.2, 0.25) is 0 Å². The first-order valence-electron chi connectivity index (χ1n) is 15.0. The zero-order chi connectivity index (χ0) is 29.8. The first-order chi connectivity index (χ1) is 21.6. The van der Waals surface area contributed by atoms with Crippen molar-refractivity contribution >= 4 is 65.5 Å². The fraction of sp³-hybridized carbons (Fsp3) is 0.100. The molecular formula is C40H30S4. The second-order valence-corrected chi connectivity index (χ2v) is 15.9. The summed E-state index contributed by atoms with van der Waals surface area (Å²) in [5, 5.41) is 2.69. The van der Waals surface area contributed by atoms with Gasteiger partial charge in [0, 0.05) is 71.7 Å². The Balaban J connectivity index is 1.45. The van der Waals surface area contributed by atoms with Crippen LogP contribution in [0.5, 0.6) is 0 Å². The van der Waals surface area contributed by atoms with Crippen LogP contribution in [-0.2, 0) is 0 Å². The van der Waals surface area contributed by atoms with Crippen LogP contribution in [-0.4, -0.2) is 0 Å². The molecule has 214 valence electrons. The van der Waals surface area contributed by atoms with Crippen LogP contribution in [0.3, 0.4) is 0 Å². The van der Waals surface area contributed by atoms with Gasteiger partial charge in [0.15, 0.2) is 0 Å². The number of aryl methyl sites for hydroxylation is 1. The van der Waals surface area contributed by atoms with E-state index in [4.69, 9.17) is 0 Å². The van der Waals surface area contributed by atoms with Crippen molar-refractivity contribution in [3.63, 3.8) is 0 Å². The minimum Gasteiger partial charge on any atom is -0.140 e. The molecule has 0 unspecified atom stereocenters. The largest absolute Gasteiger partial charge is 0.140 e. The highest BCUT2D eigenvalue weighted by Crippen LogP contribution is 2.55. The lowest BCUT2D eigenvalue weighted by atomic mass is 9.94. The lowest BCUT2D eigenvalue weighted by molar-refractivity contribution is 0.892. The highest BCUT2D eigenvalue weighted by molar-refractivity contribution is 7.24. The number of benzene rings is 4. The van der Waals surface area contributed by atoms with Crippen molar-refractivity contribution in [2.75, 3.05) is 0 Å². The smallest absolute Gasteiger partial charge is 0.0445 e. The van der Waals surface area contributed by atoms with Crippen LogP contribution in [0.2, 0.25) is 0 Å². The monoisotopic (exact) mass is 638 g/mol. The van der Waals surface area contributed by atoms with E-state index >= 15 is 0 Å². The van der Waals surface area contributed by atoms with Gasteiger partial charge >= 0.3 is 0 Å². The predicted molar refractivity (Wildman–Crippen MR) is 199 cm³/mol. The molecule has 8 rings (SSSR count). The number of rotatable bonds is 6. The van der Waals surface area contributed by atoms with Gasteiger partial charge in [-0.2, -0.15) is 0 Å². The van der Waals surface area contributed by atoms with Gasteiger partial charge in [-0.15, -0.1) is 45.3 Å². The molecule has 0 radical (unpaired) electrons. The Labute approximate surface area is 274 Å². The van der Waals surface area contributed by atoms with Crippen molar-refractivity contribution in [3.05, 3.63) is 131 Å². The van der Waals surface area contributed by atoms with Crippen LogP contribution in [0, 0.1) is 6.92 Å². The lowest BCUT2D eigenvalue weighted by Gasteiger charge is -2.10. The second-order valence-electron chi connectivity index (χ2n) is 11.5. The van der Waals surface area contributed by atoms with Crippen LogP contribution in [0.25, 0.3) is 73.1 Å². The quantitative estimate of drug-likeness (QED) is 0.170. The van der Waals surface area contributed by atoms with Crippen LogP contribution in [0.1, 0.15) is 29.5 Å². The molecule has 0 nitrogen and oxygen atoms in total. The third-order valence-corrected chi connectivity index (χ3v) is 13.2. The summed E-state index contributed by atoms with van der Waals surface area (Å²) >= 11 is 7.74. The molecule has 0 fully saturated rings. The van der Waals surface area contributed by atoms with Gasteiger partial charge in [0.05, 0.1) is 0 Å². The van der Waals surface area contributed by atoms with Crippen LogP contribution >= 0.6 is 45.3 Å². The Morgan fingerprint density at radius 1 is 0.477 bits per heavy atom. The molecule has 4 heterocycles. The molecular weight excluding hydrogens is 609 g/mol. The molecule has 0 aliphatic carbocycles. The number of thiophene rings is 4. The maximum atomic E-state index is 2.47. The summed E-state index contributed by atoms with van der Waals surface area (Å²) in [7, 11) is 0. The van der Waals surface area contributed by atoms with E-state index in [1.165, 1.54) is 82.8 Å². The minimum absolute atomic E-state index is 0.426. The number of hydrogen-bond acceptors (Lipinski definition) is 4. The molecule has 0 spiro atoms. The molecule has 44 heavy (non-hydrogen) atoms. The van der Waals surface area contributed by atoms with Crippen LogP contribution < -0.4 is 0 Å². The molecule has 0 amide bonds. The summed E-state index contributed by atoms with van der Waals surface area (Å²) in [5.41, 5.74) is 8.03. The third kappa shape index (κ3) is 4.69. The predicted octanol–water partition coefficient (Wildman–Crippen LogP) is 14.0. The van der Waals surface area contributed by atoms with Crippen molar-refractivity contribution in [1.29, 1.82) is 0 Å². The summed E-state index contributed by atoms with van der Waals surface area (Å²) < 4.78 is 2.69. The van der Waals surface area contributed by atoms with Gasteiger partial charge in [-0.1, -0.05) is 111 Å². The normalized spacial score (nSPS) is 11.7. The van der Waals surface area contributed by atoms with Gasteiger partial charge < -0.3 is 0 Å². The van der Waals surface area contributed by atoms with Gasteiger partial charge in [-0.25, -0.2) is 0 Å². The van der Waals surface area contributed by atoms with Gasteiger partial charge in [-0.3, -0.25) is 0 Å². The maximum absolute atomic E-state index is 2.47. The zero-order valence-electron chi connectivity index (χ0n) is 24.8. The third-order valence-electron chi connectivity index (χ3n) is 8.24. The molecule has 0 saturated heterocycles. The van der Waals surface area contributed by atoms with E-state index in [1.54, 1.807) is 0 Å². The lowest BCUT2D eigenvalue weighted by Crippen LogP contribution is -1.87. The van der Waals surface area contributed by atoms with Crippen LogP contribution in [0.15, 0.2) is 121 Å². The number of hydrogen-bond donors (Lipinski definition) is 0. The average molecular weight is 639 g/mol. The van der Waals surface area contributed by atoms with E-state index in [9.17, 15) is 0 Å². The molecule has 0 bridgehead atoms. The summed E-state index contributed by atoms with van der Waals surface area (Å²) in [5.74, 6) is 0.426. The molecule has 4 aromatic carbocycles. The first kappa shape index (κ1) is 27.7. The highest BCUT2D eigenvalue weighted by Gasteiger charge is 2.27. The Hall–Kier alpha value is -3.80. The molecule has 4 heteroatoms. The highest BCUT2D eigenvalue weighted by atomic mass is 32.1. The fourth-order valence-electron chi connectivity index (χ4n) is 6.22. The average Bonchev–Trinajstić information content (AvgIpc) is 3.83. The molecule has 0 saturated carbocycles. The van der Waals surface area contributed by atoms with E-state index in [1.807, 2.05) is 45.3 Å². The molecule has 4 aromatic heterocycles. The first-order valence-corrected chi connectivity index (χ1v) is 18.2. The van der Waals surface area contributed by atoms with E-state index in [0.717, 1.165) is 0 Å². The van der Waals surface area contributed by atoms with Crippen molar-refractivity contribution in [2.24, 2.45) is 0 Å². The molecule has 0 N–H and O–H groups in total. The van der Waals surface area contributed by atoms with E-state index in [-0.39, 0.29) is 0 Å². The maximum Gasteiger partial charge on any atom is 0.0445 e. The van der Waals surface area contributed by atoms with Crippen molar-refractivity contribution in [1.82, 2.24) is 0 Å². The van der Waals surface area contributed by atoms with Gasteiger partial charge in [-0.05, 0) is 48.2 Å². The summed E-state index contributed by atoms with van der Waals surface area (Å²) in [4.78, 5) is 8.22. The number of fused-ring (bicyclic) bond motifs is 2. The molecule has 0 aliphatic heterocycles. The topological polar surface area (TPSA) is 0 Å². The van der Waals surface area contributed by atoms with E-state index in [2.05, 4.69) is 142 Å². The minimum atomic E-state index is 0.426. The molecule has 0 aliphatic rings. The van der Waals surface area contributed by atoms with E-state index < -0.39 is 0 Å². The Bertz CT molecular complexity index is 2260. The standard InChI is InChI=1S/C40H30S4/c1-24(2)38-31(23-35(43-38)27-16-8-5-9-17-27)40-37(29-19-11-13-21-33(29)42-40)30-22-34(26-14-6-4-7-15-26)44-39(30)36-25(3)41-32-20-12-10-18-28(32)36/h4-24H,1-3H3. The second kappa shape index (κ2) is 11.3. The van der Waals surface area contributed by atoms with Crippen molar-refractivity contribution in [2.45, 2.75) is 26.7 Å². The zero-order valence-corrected chi connectivity index (χ0v) is 28.0. The summed E-state index contributed by atoms with van der Waals surface area (Å²) in [6, 6.07) is 44.6. The van der Waals surface area contributed by atoms with Crippen molar-refractivity contribution in [3.8, 4) is 52.9 Å². The Morgan fingerprint density at radius 2 is 1.00 bits per heavy atom. The Kier molecular flexibility index (Phi) is 7.11.